The number of fused-ring (bicyclic) bond motifs is 3. The number of rotatable bonds is 6. The lowest BCUT2D eigenvalue weighted by atomic mass is 9.69. The minimum Gasteiger partial charge on any atom is -0.465 e. The smallest absolute Gasteiger partial charge is 0.336 e. The first-order chi connectivity index (χ1) is 16.8. The van der Waals surface area contributed by atoms with Gasteiger partial charge < -0.3 is 19.8 Å². The molecule has 1 aliphatic heterocycles. The zero-order chi connectivity index (χ0) is 24.6. The maximum absolute atomic E-state index is 13.1. The third-order valence-corrected chi connectivity index (χ3v) is 8.58. The second-order valence-electron chi connectivity index (χ2n) is 9.88. The molecule has 0 fully saturated rings. The third kappa shape index (κ3) is 4.78. The molecule has 1 aliphatic carbocycles. The van der Waals surface area contributed by atoms with Gasteiger partial charge in [-0.15, -0.1) is 11.3 Å². The average molecular weight is 491 g/mol. The van der Waals surface area contributed by atoms with Crippen molar-refractivity contribution in [3.05, 3.63) is 76.1 Å². The molecule has 5 rings (SSSR count). The van der Waals surface area contributed by atoms with Gasteiger partial charge in [-0.1, -0.05) is 39.3 Å². The van der Waals surface area contributed by atoms with Crippen molar-refractivity contribution in [3.63, 3.8) is 0 Å². The molecule has 2 aliphatic rings. The summed E-state index contributed by atoms with van der Waals surface area (Å²) >= 11 is 1.72. The van der Waals surface area contributed by atoms with E-state index in [1.165, 1.54) is 16.5 Å². The number of hydrogen-bond acceptors (Lipinski definition) is 6. The van der Waals surface area contributed by atoms with E-state index in [0.29, 0.717) is 22.8 Å². The zero-order valence-electron chi connectivity index (χ0n) is 20.2. The summed E-state index contributed by atoms with van der Waals surface area (Å²) in [5.74, 6) is 1.07. The number of carbonyl (C=O) groups is 2. The molecule has 3 aromatic rings. The van der Waals surface area contributed by atoms with Crippen LogP contribution >= 0.6 is 11.3 Å². The first-order valence-corrected chi connectivity index (χ1v) is 12.9. The topological polar surface area (TPSA) is 80.6 Å². The molecule has 182 valence electrons. The van der Waals surface area contributed by atoms with Gasteiger partial charge in [0.1, 0.15) is 22.7 Å². The van der Waals surface area contributed by atoms with Gasteiger partial charge in [-0.2, -0.15) is 0 Å². The van der Waals surface area contributed by atoms with E-state index in [0.717, 1.165) is 41.8 Å². The van der Waals surface area contributed by atoms with Crippen LogP contribution in [0.4, 0.5) is 5.00 Å². The van der Waals surface area contributed by atoms with E-state index < -0.39 is 12.1 Å². The van der Waals surface area contributed by atoms with E-state index in [1.54, 1.807) is 47.9 Å². The molecule has 2 atom stereocenters. The number of anilines is 1. The lowest BCUT2D eigenvalue weighted by Crippen LogP contribution is -2.38. The number of thiophene rings is 1. The van der Waals surface area contributed by atoms with Gasteiger partial charge >= 0.3 is 5.97 Å². The molecule has 6 nitrogen and oxygen atoms in total. The molecule has 0 unspecified atom stereocenters. The number of ether oxygens (including phenoxy) is 1. The number of esters is 1. The number of hydrogen-bond donors (Lipinski definition) is 2. The number of amides is 1. The lowest BCUT2D eigenvalue weighted by molar-refractivity contribution is -0.128. The van der Waals surface area contributed by atoms with Gasteiger partial charge in [0.25, 0.3) is 5.91 Å². The van der Waals surface area contributed by atoms with Crippen molar-refractivity contribution < 1.29 is 18.7 Å². The van der Waals surface area contributed by atoms with Crippen LogP contribution in [-0.4, -0.2) is 11.9 Å². The summed E-state index contributed by atoms with van der Waals surface area (Å²) in [6.45, 7) is 6.96. The van der Waals surface area contributed by atoms with E-state index >= 15 is 0 Å². The Morgan fingerprint density at radius 3 is 2.89 bits per heavy atom. The van der Waals surface area contributed by atoms with Crippen molar-refractivity contribution in [2.45, 2.75) is 52.6 Å². The highest BCUT2D eigenvalue weighted by Gasteiger charge is 2.37. The summed E-state index contributed by atoms with van der Waals surface area (Å²) in [6.07, 6.45) is 8.28. The second-order valence-corrected chi connectivity index (χ2v) is 11.0. The molecule has 2 aromatic heterocycles. The maximum Gasteiger partial charge on any atom is 0.336 e. The molecular weight excluding hydrogens is 460 g/mol. The van der Waals surface area contributed by atoms with Crippen LogP contribution in [0.1, 0.15) is 71.9 Å². The van der Waals surface area contributed by atoms with Crippen molar-refractivity contribution in [2.75, 3.05) is 5.32 Å². The maximum atomic E-state index is 13.1. The summed E-state index contributed by atoms with van der Waals surface area (Å²) < 4.78 is 10.6. The van der Waals surface area contributed by atoms with Crippen LogP contribution in [0.15, 0.2) is 53.2 Å². The number of carbonyl (C=O) groups excluding carboxylic acids is 2. The van der Waals surface area contributed by atoms with Crippen molar-refractivity contribution in [2.24, 2.45) is 11.3 Å². The van der Waals surface area contributed by atoms with Gasteiger partial charge in [-0.25, -0.2) is 4.79 Å². The van der Waals surface area contributed by atoms with Gasteiger partial charge in [-0.3, -0.25) is 4.79 Å². The Morgan fingerprint density at radius 2 is 2.11 bits per heavy atom. The zero-order valence-corrected chi connectivity index (χ0v) is 21.0. The first-order valence-electron chi connectivity index (χ1n) is 12.1. The van der Waals surface area contributed by atoms with Crippen LogP contribution in [0.5, 0.6) is 5.75 Å². The Bertz CT molecular complexity index is 1270. The van der Waals surface area contributed by atoms with Gasteiger partial charge in [0.05, 0.1) is 11.8 Å². The minimum atomic E-state index is -0.503. The van der Waals surface area contributed by atoms with Crippen molar-refractivity contribution >= 4 is 34.3 Å². The van der Waals surface area contributed by atoms with Crippen LogP contribution in [0.3, 0.4) is 0 Å². The number of furan rings is 1. The molecule has 0 spiro atoms. The average Bonchev–Trinajstić information content (AvgIpc) is 3.50. The van der Waals surface area contributed by atoms with E-state index in [4.69, 9.17) is 9.15 Å². The lowest BCUT2D eigenvalue weighted by Gasteiger charge is -2.36. The molecule has 1 aromatic carbocycles. The molecule has 2 N–H and O–H groups in total. The fraction of sp³-hybridized carbons (Fsp3) is 0.357. The van der Waals surface area contributed by atoms with Crippen molar-refractivity contribution in [3.8, 4) is 5.75 Å². The Balaban J connectivity index is 1.31. The normalized spacial score (nSPS) is 19.6. The fourth-order valence-electron chi connectivity index (χ4n) is 4.86. The third-order valence-electron chi connectivity index (χ3n) is 7.40. The van der Waals surface area contributed by atoms with Gasteiger partial charge in [0.15, 0.2) is 0 Å². The van der Waals surface area contributed by atoms with Crippen LogP contribution in [-0.2, 0) is 17.6 Å². The van der Waals surface area contributed by atoms with Crippen LogP contribution in [0.25, 0.3) is 6.08 Å². The Labute approximate surface area is 209 Å². The SMILES string of the molecule is CCC(C)(C)[C@@H]1CCc2c(sc3c2C(=O)N[C@H](c2cccc(OC(=O)/C=C/c4ccco4)c2)N3)C1. The standard InChI is InChI=1S/C28H30N2O4S/c1-4-28(2,3)18-10-12-21-22(16-18)35-27-24(21)26(32)29-25(30-27)17-7-5-8-20(15-17)34-23(31)13-11-19-9-6-14-33-19/h5-9,11,13-15,18,25,30H,4,10,12,16H2,1-3H3,(H,29,32)/b13-11+/t18-,25+/m1/s1. The summed E-state index contributed by atoms with van der Waals surface area (Å²) in [4.78, 5) is 26.7. The second kappa shape index (κ2) is 9.38. The van der Waals surface area contributed by atoms with Gasteiger partial charge in [0, 0.05) is 11.0 Å². The Morgan fingerprint density at radius 1 is 1.26 bits per heavy atom. The van der Waals surface area contributed by atoms with E-state index in [9.17, 15) is 9.59 Å². The van der Waals surface area contributed by atoms with Crippen LogP contribution in [0.2, 0.25) is 0 Å². The summed E-state index contributed by atoms with van der Waals surface area (Å²) in [5.41, 5.74) is 3.13. The van der Waals surface area contributed by atoms with Crippen molar-refractivity contribution in [1.29, 1.82) is 0 Å². The Kier molecular flexibility index (Phi) is 6.28. The first kappa shape index (κ1) is 23.4. The fourth-order valence-corrected chi connectivity index (χ4v) is 6.22. The molecule has 7 heteroatoms. The number of nitrogens with one attached hydrogen (secondary N) is 2. The molecule has 0 bridgehead atoms. The predicted octanol–water partition coefficient (Wildman–Crippen LogP) is 6.36. The van der Waals surface area contributed by atoms with E-state index in [-0.39, 0.29) is 5.91 Å². The van der Waals surface area contributed by atoms with Crippen LogP contribution < -0.4 is 15.4 Å². The predicted molar refractivity (Wildman–Crippen MR) is 138 cm³/mol. The minimum absolute atomic E-state index is 0.0433. The van der Waals surface area contributed by atoms with E-state index in [2.05, 4.69) is 31.4 Å². The summed E-state index contributed by atoms with van der Waals surface area (Å²) in [5, 5.41) is 7.54. The molecule has 1 amide bonds. The molecular formula is C28H30N2O4S. The molecule has 0 radical (unpaired) electrons. The quantitative estimate of drug-likeness (QED) is 0.239. The molecule has 0 saturated heterocycles. The molecule has 3 heterocycles. The highest BCUT2D eigenvalue weighted by atomic mass is 32.1. The van der Waals surface area contributed by atoms with Crippen molar-refractivity contribution in [1.82, 2.24) is 5.32 Å². The molecule has 0 saturated carbocycles. The van der Waals surface area contributed by atoms with E-state index in [1.807, 2.05) is 12.1 Å². The Hall–Kier alpha value is -3.32. The summed E-state index contributed by atoms with van der Waals surface area (Å²) in [6, 6.07) is 10.7. The largest absolute Gasteiger partial charge is 0.465 e. The van der Waals surface area contributed by atoms with Gasteiger partial charge in [-0.05, 0) is 72.1 Å². The molecule has 35 heavy (non-hydrogen) atoms. The summed E-state index contributed by atoms with van der Waals surface area (Å²) in [7, 11) is 0. The highest BCUT2D eigenvalue weighted by Crippen LogP contribution is 2.47. The van der Waals surface area contributed by atoms with Crippen LogP contribution in [0, 0.1) is 11.3 Å². The monoisotopic (exact) mass is 490 g/mol. The van der Waals surface area contributed by atoms with Gasteiger partial charge in [0.2, 0.25) is 0 Å². The highest BCUT2D eigenvalue weighted by molar-refractivity contribution is 7.16. The number of benzene rings is 1.